The number of anilines is 1. The molecule has 1 aliphatic rings. The summed E-state index contributed by atoms with van der Waals surface area (Å²) < 4.78 is 6.45. The van der Waals surface area contributed by atoms with E-state index in [4.69, 9.17) is 11.3 Å². The molecule has 3 rings (SSSR count). The second-order valence-corrected chi connectivity index (χ2v) is 5.71. The lowest BCUT2D eigenvalue weighted by Crippen LogP contribution is -2.30. The fourth-order valence-corrected chi connectivity index (χ4v) is 3.11. The van der Waals surface area contributed by atoms with Gasteiger partial charge in [0.15, 0.2) is 0 Å². The summed E-state index contributed by atoms with van der Waals surface area (Å²) in [6.45, 7) is 9.98. The molecule has 0 spiro atoms. The Morgan fingerprint density at radius 2 is 2.27 bits per heavy atom. The molecule has 1 saturated carbocycles. The molecule has 0 aliphatic heterocycles. The topological polar surface area (TPSA) is 60.0 Å². The van der Waals surface area contributed by atoms with Crippen molar-refractivity contribution in [1.29, 1.82) is 0 Å². The predicted octanol–water partition coefficient (Wildman–Crippen LogP) is 3.41. The second-order valence-electron chi connectivity index (χ2n) is 5.71. The minimum Gasteiger partial charge on any atom is -0.410 e. The van der Waals surface area contributed by atoms with E-state index in [2.05, 4.69) is 22.2 Å². The van der Waals surface area contributed by atoms with Gasteiger partial charge in [-0.05, 0) is 24.8 Å². The van der Waals surface area contributed by atoms with Crippen LogP contribution in [0.1, 0.15) is 32.6 Å². The summed E-state index contributed by atoms with van der Waals surface area (Å²) in [7, 11) is 0. The van der Waals surface area contributed by atoms with Crippen LogP contribution in [0, 0.1) is 12.5 Å². The van der Waals surface area contributed by atoms with E-state index >= 15 is 0 Å². The molecule has 2 aromatic rings. The SMILES string of the molecule is [C-]#[N+]c1cnn2c(OC=O)ccc2c1NC1CCCCC1C. The molecule has 1 fully saturated rings. The zero-order valence-corrected chi connectivity index (χ0v) is 12.5. The Kier molecular flexibility index (Phi) is 3.96. The number of fused-ring (bicyclic) bond motifs is 1. The summed E-state index contributed by atoms with van der Waals surface area (Å²) in [6, 6.07) is 3.85. The lowest BCUT2D eigenvalue weighted by Gasteiger charge is -2.31. The van der Waals surface area contributed by atoms with Crippen molar-refractivity contribution in [3.8, 4) is 5.88 Å². The number of hydrogen-bond donors (Lipinski definition) is 1. The van der Waals surface area contributed by atoms with Crippen molar-refractivity contribution < 1.29 is 9.53 Å². The fourth-order valence-electron chi connectivity index (χ4n) is 3.11. The van der Waals surface area contributed by atoms with Gasteiger partial charge in [-0.15, -0.1) is 0 Å². The van der Waals surface area contributed by atoms with Gasteiger partial charge >= 0.3 is 0 Å². The molecule has 114 valence electrons. The van der Waals surface area contributed by atoms with Gasteiger partial charge < -0.3 is 10.1 Å². The Labute approximate surface area is 128 Å². The number of carbonyl (C=O) groups is 1. The van der Waals surface area contributed by atoms with Crippen LogP contribution in [0.5, 0.6) is 5.88 Å². The van der Waals surface area contributed by atoms with Gasteiger partial charge in [-0.25, -0.2) is 9.36 Å². The monoisotopic (exact) mass is 298 g/mol. The molecule has 6 nitrogen and oxygen atoms in total. The first-order valence-electron chi connectivity index (χ1n) is 7.49. The highest BCUT2D eigenvalue weighted by Crippen LogP contribution is 2.35. The molecule has 0 radical (unpaired) electrons. The molecule has 2 unspecified atom stereocenters. The van der Waals surface area contributed by atoms with Crippen LogP contribution in [0.4, 0.5) is 11.4 Å². The van der Waals surface area contributed by atoms with E-state index < -0.39 is 0 Å². The van der Waals surface area contributed by atoms with E-state index in [0.29, 0.717) is 30.0 Å². The molecule has 1 aliphatic carbocycles. The first-order chi connectivity index (χ1) is 10.7. The van der Waals surface area contributed by atoms with Crippen LogP contribution >= 0.6 is 0 Å². The summed E-state index contributed by atoms with van der Waals surface area (Å²) in [5, 5.41) is 7.71. The van der Waals surface area contributed by atoms with Crippen LogP contribution in [-0.4, -0.2) is 22.1 Å². The Morgan fingerprint density at radius 1 is 1.45 bits per heavy atom. The number of rotatable bonds is 4. The van der Waals surface area contributed by atoms with E-state index in [1.54, 1.807) is 10.6 Å². The normalized spacial score (nSPS) is 21.3. The van der Waals surface area contributed by atoms with Gasteiger partial charge in [-0.2, -0.15) is 5.10 Å². The lowest BCUT2D eigenvalue weighted by atomic mass is 9.86. The van der Waals surface area contributed by atoms with Gasteiger partial charge in [-0.3, -0.25) is 4.79 Å². The third-order valence-corrected chi connectivity index (χ3v) is 4.36. The summed E-state index contributed by atoms with van der Waals surface area (Å²) in [5.41, 5.74) is 2.01. The first kappa shape index (κ1) is 14.4. The van der Waals surface area contributed by atoms with Gasteiger partial charge in [0.2, 0.25) is 11.6 Å². The van der Waals surface area contributed by atoms with Crippen molar-refractivity contribution in [2.45, 2.75) is 38.6 Å². The molecule has 6 heteroatoms. The largest absolute Gasteiger partial charge is 0.410 e. The van der Waals surface area contributed by atoms with Gasteiger partial charge in [0.1, 0.15) is 0 Å². The molecule has 1 N–H and O–H groups in total. The summed E-state index contributed by atoms with van der Waals surface area (Å²) in [5.74, 6) is 0.919. The zero-order valence-electron chi connectivity index (χ0n) is 12.5. The van der Waals surface area contributed by atoms with Crippen LogP contribution in [0.15, 0.2) is 18.3 Å². The number of ether oxygens (including phenoxy) is 1. The highest BCUT2D eigenvalue weighted by molar-refractivity contribution is 5.85. The third kappa shape index (κ3) is 2.50. The quantitative estimate of drug-likeness (QED) is 0.694. The average Bonchev–Trinajstić information content (AvgIpc) is 2.94. The molecule has 2 aromatic heterocycles. The third-order valence-electron chi connectivity index (χ3n) is 4.36. The number of nitrogens with one attached hydrogen (secondary N) is 1. The molecule has 2 atom stereocenters. The smallest absolute Gasteiger partial charge is 0.299 e. The van der Waals surface area contributed by atoms with Crippen molar-refractivity contribution in [2.75, 3.05) is 5.32 Å². The Hall–Kier alpha value is -2.55. The Bertz CT molecular complexity index is 732. The maximum atomic E-state index is 10.6. The lowest BCUT2D eigenvalue weighted by molar-refractivity contribution is -0.121. The minimum atomic E-state index is 0.348. The van der Waals surface area contributed by atoms with Crippen molar-refractivity contribution in [3.63, 3.8) is 0 Å². The van der Waals surface area contributed by atoms with E-state index in [1.807, 2.05) is 6.07 Å². The van der Waals surface area contributed by atoms with E-state index in [9.17, 15) is 4.79 Å². The van der Waals surface area contributed by atoms with Gasteiger partial charge in [0, 0.05) is 12.1 Å². The van der Waals surface area contributed by atoms with Crippen LogP contribution in [0.25, 0.3) is 10.4 Å². The molecule has 0 aromatic carbocycles. The summed E-state index contributed by atoms with van der Waals surface area (Å²) >= 11 is 0. The maximum absolute atomic E-state index is 10.6. The minimum absolute atomic E-state index is 0.348. The number of aromatic nitrogens is 2. The van der Waals surface area contributed by atoms with Gasteiger partial charge in [0.25, 0.3) is 6.47 Å². The van der Waals surface area contributed by atoms with Crippen LogP contribution in [0.3, 0.4) is 0 Å². The molecule has 0 bridgehead atoms. The van der Waals surface area contributed by atoms with E-state index in [1.165, 1.54) is 25.5 Å². The number of carbonyl (C=O) groups excluding carboxylic acids is 1. The highest BCUT2D eigenvalue weighted by Gasteiger charge is 2.23. The number of nitrogens with zero attached hydrogens (tertiary/aromatic N) is 3. The van der Waals surface area contributed by atoms with Crippen LogP contribution < -0.4 is 10.1 Å². The van der Waals surface area contributed by atoms with Crippen LogP contribution in [-0.2, 0) is 4.79 Å². The Morgan fingerprint density at radius 3 is 3.00 bits per heavy atom. The molecular formula is C16H18N4O2. The van der Waals surface area contributed by atoms with Gasteiger partial charge in [-0.1, -0.05) is 19.8 Å². The molecule has 0 amide bonds. The average molecular weight is 298 g/mol. The van der Waals surface area contributed by atoms with Crippen molar-refractivity contribution in [3.05, 3.63) is 29.7 Å². The molecular weight excluding hydrogens is 280 g/mol. The fraction of sp³-hybridized carbons (Fsp3) is 0.438. The van der Waals surface area contributed by atoms with Crippen molar-refractivity contribution in [1.82, 2.24) is 9.61 Å². The summed E-state index contributed by atoms with van der Waals surface area (Å²) in [6.07, 6.45) is 6.28. The first-order valence-corrected chi connectivity index (χ1v) is 7.49. The van der Waals surface area contributed by atoms with Crippen molar-refractivity contribution in [2.24, 2.45) is 5.92 Å². The maximum Gasteiger partial charge on any atom is 0.299 e. The standard InChI is InChI=1S/C16H18N4O2/c1-11-5-3-4-6-12(11)19-16-13(17-2)9-18-20-14(16)7-8-15(20)22-10-21/h7-12,19H,3-6H2,1H3. The Balaban J connectivity index is 2.02. The number of hydrogen-bond acceptors (Lipinski definition) is 4. The second kappa shape index (κ2) is 6.06. The zero-order chi connectivity index (χ0) is 15.5. The summed E-state index contributed by atoms with van der Waals surface area (Å²) in [4.78, 5) is 14.1. The van der Waals surface area contributed by atoms with Crippen LogP contribution in [0.2, 0.25) is 0 Å². The predicted molar refractivity (Wildman–Crippen MR) is 83.2 cm³/mol. The van der Waals surface area contributed by atoms with E-state index in [-0.39, 0.29) is 0 Å². The van der Waals surface area contributed by atoms with Gasteiger partial charge in [0.05, 0.1) is 24.0 Å². The molecule has 0 saturated heterocycles. The van der Waals surface area contributed by atoms with Crippen molar-refractivity contribution >= 4 is 23.4 Å². The highest BCUT2D eigenvalue weighted by atomic mass is 16.5. The van der Waals surface area contributed by atoms with E-state index in [0.717, 1.165) is 17.6 Å². The molecule has 2 heterocycles. The molecule has 22 heavy (non-hydrogen) atoms.